The number of benzene rings is 2. The van der Waals surface area contributed by atoms with E-state index in [1.807, 2.05) is 0 Å². The fourth-order valence-electron chi connectivity index (χ4n) is 3.71. The van der Waals surface area contributed by atoms with Gasteiger partial charge in [0, 0.05) is 18.5 Å². The molecule has 0 N–H and O–H groups in total. The molecule has 1 heteroatoms. The van der Waals surface area contributed by atoms with Gasteiger partial charge in [-0.3, -0.25) is 0 Å². The minimum Gasteiger partial charge on any atom is -0.198 e. The Balaban J connectivity index is 2.35. The Morgan fingerprint density at radius 1 is 1.00 bits per heavy atom. The maximum absolute atomic E-state index is 8.71. The van der Waals surface area contributed by atoms with Crippen LogP contribution >= 0.6 is 0 Å². The maximum Gasteiger partial charge on any atom is 0.220 e. The van der Waals surface area contributed by atoms with Crippen molar-refractivity contribution in [3.8, 4) is 11.3 Å². The number of hydrogen-bond donors (Lipinski definition) is 0. The van der Waals surface area contributed by atoms with Crippen LogP contribution in [-0.2, 0) is 13.5 Å². The van der Waals surface area contributed by atoms with Gasteiger partial charge in [-0.15, -0.1) is 0 Å². The van der Waals surface area contributed by atoms with Gasteiger partial charge in [0.25, 0.3) is 0 Å². The zero-order chi connectivity index (χ0) is 19.9. The lowest BCUT2D eigenvalue weighted by Gasteiger charge is -2.14. The molecule has 1 nitrogen and oxygen atoms in total. The minimum absolute atomic E-state index is 0.495. The topological polar surface area (TPSA) is 3.88 Å². The van der Waals surface area contributed by atoms with Crippen LogP contribution in [0, 0.1) is 19.8 Å². The molecule has 0 spiro atoms. The fourth-order valence-corrected chi connectivity index (χ4v) is 3.71. The summed E-state index contributed by atoms with van der Waals surface area (Å²) in [4.78, 5) is 0. The van der Waals surface area contributed by atoms with E-state index in [-0.39, 0.29) is 0 Å². The third-order valence-electron chi connectivity index (χ3n) is 5.32. The minimum atomic E-state index is 0.495. The molecule has 0 bridgehead atoms. The monoisotopic (exact) mass is 347 g/mol. The smallest absolute Gasteiger partial charge is 0.198 e. The van der Waals surface area contributed by atoms with E-state index in [4.69, 9.17) is 1.37 Å². The van der Waals surface area contributed by atoms with Gasteiger partial charge in [0.2, 0.25) is 5.69 Å². The summed E-state index contributed by atoms with van der Waals surface area (Å²) in [7, 11) is 2.09. The molecule has 0 amide bonds. The van der Waals surface area contributed by atoms with Crippen molar-refractivity contribution in [2.75, 3.05) is 0 Å². The Labute approximate surface area is 160 Å². The first-order chi connectivity index (χ1) is 12.7. The summed E-state index contributed by atoms with van der Waals surface area (Å²) in [6, 6.07) is 14.1. The van der Waals surface area contributed by atoms with E-state index in [9.17, 15) is 0 Å². The molecular weight excluding hydrogens is 314 g/mol. The molecule has 0 atom stereocenters. The highest BCUT2D eigenvalue weighted by Crippen LogP contribution is 2.31. The Morgan fingerprint density at radius 2 is 1.73 bits per heavy atom. The van der Waals surface area contributed by atoms with Gasteiger partial charge in [-0.2, -0.15) is 4.57 Å². The van der Waals surface area contributed by atoms with Crippen molar-refractivity contribution in [1.82, 2.24) is 0 Å². The van der Waals surface area contributed by atoms with Crippen LogP contribution in [0.3, 0.4) is 0 Å². The summed E-state index contributed by atoms with van der Waals surface area (Å²) in [6.45, 7) is 13.2. The van der Waals surface area contributed by atoms with E-state index in [1.165, 1.54) is 33.3 Å². The van der Waals surface area contributed by atoms with Crippen LogP contribution in [0.4, 0.5) is 0 Å². The van der Waals surface area contributed by atoms with Gasteiger partial charge in [0.15, 0.2) is 5.69 Å². The second-order valence-electron chi connectivity index (χ2n) is 8.33. The van der Waals surface area contributed by atoms with Gasteiger partial charge in [0.05, 0.1) is 6.76 Å². The highest BCUT2D eigenvalue weighted by Gasteiger charge is 2.20. The Kier molecular flexibility index (Phi) is 4.80. The highest BCUT2D eigenvalue weighted by molar-refractivity contribution is 5.94. The average molecular weight is 348 g/mol. The molecule has 3 rings (SSSR count). The molecule has 0 aliphatic heterocycles. The zero-order valence-corrected chi connectivity index (χ0v) is 17.3. The van der Waals surface area contributed by atoms with Crippen molar-refractivity contribution in [2.45, 2.75) is 53.9 Å². The standard InChI is InChI=1S/C25H32N/c1-16(2)12-20-9-11-23-22(14-20)13-19(6)26(7)25(23)24-15-21(17(3)4)10-8-18(24)5/h8-11,13-17H,12H2,1-7H3/q+1/i13D. The van der Waals surface area contributed by atoms with Crippen molar-refractivity contribution in [3.05, 3.63) is 64.8 Å². The lowest BCUT2D eigenvalue weighted by atomic mass is 9.92. The molecule has 26 heavy (non-hydrogen) atoms. The molecule has 0 aliphatic carbocycles. The predicted octanol–water partition coefficient (Wildman–Crippen LogP) is 6.27. The average Bonchev–Trinajstić information content (AvgIpc) is 2.61. The zero-order valence-electron chi connectivity index (χ0n) is 18.3. The van der Waals surface area contributed by atoms with Gasteiger partial charge >= 0.3 is 0 Å². The number of aromatic nitrogens is 1. The third kappa shape index (κ3) is 3.53. The van der Waals surface area contributed by atoms with Crippen LogP contribution in [0.2, 0.25) is 0 Å². The number of pyridine rings is 1. The molecule has 0 aliphatic rings. The van der Waals surface area contributed by atoms with Crippen LogP contribution < -0.4 is 4.57 Å². The fraction of sp³-hybridized carbons (Fsp3) is 0.400. The first kappa shape index (κ1) is 17.3. The summed E-state index contributed by atoms with van der Waals surface area (Å²) in [5.41, 5.74) is 7.45. The van der Waals surface area contributed by atoms with Crippen molar-refractivity contribution in [2.24, 2.45) is 13.0 Å². The molecule has 1 aromatic heterocycles. The predicted molar refractivity (Wildman–Crippen MR) is 113 cm³/mol. The second kappa shape index (κ2) is 7.23. The third-order valence-corrected chi connectivity index (χ3v) is 5.32. The van der Waals surface area contributed by atoms with Gasteiger partial charge in [-0.1, -0.05) is 52.0 Å². The normalized spacial score (nSPS) is 12.3. The molecular formula is C25H32N+. The maximum atomic E-state index is 8.71. The number of fused-ring (bicyclic) bond motifs is 1. The van der Waals surface area contributed by atoms with Crippen molar-refractivity contribution >= 4 is 10.8 Å². The first-order valence-electron chi connectivity index (χ1n) is 10.2. The molecule has 0 radical (unpaired) electrons. The Bertz CT molecular complexity index is 999. The number of hydrogen-bond acceptors (Lipinski definition) is 0. The van der Waals surface area contributed by atoms with Crippen LogP contribution in [-0.4, -0.2) is 0 Å². The summed E-state index contributed by atoms with van der Waals surface area (Å²) < 4.78 is 10.9. The van der Waals surface area contributed by atoms with Crippen LogP contribution in [0.5, 0.6) is 0 Å². The number of aryl methyl sites for hydroxylation is 1. The van der Waals surface area contributed by atoms with Gasteiger partial charge in [-0.05, 0) is 59.4 Å². The molecule has 0 unspecified atom stereocenters. The molecule has 0 fully saturated rings. The molecule has 1 heterocycles. The first-order valence-corrected chi connectivity index (χ1v) is 9.73. The van der Waals surface area contributed by atoms with Gasteiger partial charge in [-0.25, -0.2) is 0 Å². The Morgan fingerprint density at radius 3 is 2.38 bits per heavy atom. The largest absolute Gasteiger partial charge is 0.220 e. The highest BCUT2D eigenvalue weighted by atomic mass is 14.9. The molecule has 0 saturated carbocycles. The number of nitrogens with zero attached hydrogens (tertiary/aromatic N) is 1. The second-order valence-corrected chi connectivity index (χ2v) is 8.33. The van der Waals surface area contributed by atoms with Crippen LogP contribution in [0.1, 0.15) is 57.4 Å². The van der Waals surface area contributed by atoms with Crippen molar-refractivity contribution in [1.29, 1.82) is 0 Å². The summed E-state index contributed by atoms with van der Waals surface area (Å²) >= 11 is 0. The van der Waals surface area contributed by atoms with E-state index >= 15 is 0 Å². The van der Waals surface area contributed by atoms with E-state index in [2.05, 4.69) is 89.6 Å². The van der Waals surface area contributed by atoms with E-state index < -0.39 is 0 Å². The molecule has 3 aromatic rings. The molecule has 0 saturated heterocycles. The summed E-state index contributed by atoms with van der Waals surface area (Å²) in [6.07, 6.45) is 1.05. The van der Waals surface area contributed by atoms with Crippen molar-refractivity contribution in [3.63, 3.8) is 0 Å². The van der Waals surface area contributed by atoms with Gasteiger partial charge in [0.1, 0.15) is 7.05 Å². The van der Waals surface area contributed by atoms with Crippen LogP contribution in [0.15, 0.2) is 42.4 Å². The van der Waals surface area contributed by atoms with Gasteiger partial charge < -0.3 is 0 Å². The Hall–Kier alpha value is -2.15. The van der Waals surface area contributed by atoms with E-state index in [0.717, 1.165) is 17.5 Å². The van der Waals surface area contributed by atoms with Crippen LogP contribution in [0.25, 0.3) is 22.0 Å². The van der Waals surface area contributed by atoms with Crippen molar-refractivity contribution < 1.29 is 5.94 Å². The molecule has 136 valence electrons. The quantitative estimate of drug-likeness (QED) is 0.490. The van der Waals surface area contributed by atoms with E-state index in [0.29, 0.717) is 17.9 Å². The number of rotatable bonds is 4. The SMILES string of the molecule is [2H]c1c(C)[n+](C)c(-c2cc(C(C)C)ccc2C)c2ccc(CC(C)C)cc12. The lowest BCUT2D eigenvalue weighted by molar-refractivity contribution is -0.665. The molecule has 2 aromatic carbocycles. The summed E-state index contributed by atoms with van der Waals surface area (Å²) in [5.74, 6) is 1.11. The summed E-state index contributed by atoms with van der Waals surface area (Å²) in [5, 5.41) is 2.23. The van der Waals surface area contributed by atoms with E-state index in [1.54, 1.807) is 0 Å². The lowest BCUT2D eigenvalue weighted by Crippen LogP contribution is -2.35.